The first-order valence-corrected chi connectivity index (χ1v) is 5.77. The minimum absolute atomic E-state index is 0.235. The van der Waals surface area contributed by atoms with E-state index in [0.717, 1.165) is 17.8 Å². The summed E-state index contributed by atoms with van der Waals surface area (Å²) in [5, 5.41) is 7.27. The second-order valence-corrected chi connectivity index (χ2v) is 4.36. The van der Waals surface area contributed by atoms with Crippen molar-refractivity contribution in [1.29, 1.82) is 0 Å². The summed E-state index contributed by atoms with van der Waals surface area (Å²) in [6.45, 7) is 1.03. The van der Waals surface area contributed by atoms with Crippen LogP contribution in [0.2, 0.25) is 0 Å². The first-order valence-electron chi connectivity index (χ1n) is 4.89. The van der Waals surface area contributed by atoms with Crippen molar-refractivity contribution in [2.45, 2.75) is 18.9 Å². The third-order valence-corrected chi connectivity index (χ3v) is 3.22. The maximum Gasteiger partial charge on any atom is 0.244 e. The molecule has 15 heavy (non-hydrogen) atoms. The van der Waals surface area contributed by atoms with E-state index in [4.69, 9.17) is 4.52 Å². The molecule has 0 aromatic carbocycles. The minimum atomic E-state index is 0.235. The smallest absolute Gasteiger partial charge is 0.244 e. The molecule has 78 valence electrons. The zero-order chi connectivity index (χ0) is 10.1. The standard InChI is InChI=1S/C9H10N4OS/c1-2-6(11-3-1)9-12-8(13-14-9)7-4-10-5-15-7/h4-6,11H,1-3H2. The van der Waals surface area contributed by atoms with Crippen LogP contribution in [0.3, 0.4) is 0 Å². The summed E-state index contributed by atoms with van der Waals surface area (Å²) in [4.78, 5) is 9.30. The zero-order valence-corrected chi connectivity index (χ0v) is 8.83. The summed E-state index contributed by atoms with van der Waals surface area (Å²) in [7, 11) is 0. The van der Waals surface area contributed by atoms with E-state index in [-0.39, 0.29) is 6.04 Å². The van der Waals surface area contributed by atoms with Gasteiger partial charge in [0.1, 0.15) is 0 Å². The maximum absolute atomic E-state index is 5.23. The Labute approximate surface area is 90.5 Å². The van der Waals surface area contributed by atoms with Crippen molar-refractivity contribution in [2.24, 2.45) is 0 Å². The number of nitrogens with zero attached hydrogens (tertiary/aromatic N) is 3. The van der Waals surface area contributed by atoms with Gasteiger partial charge in [0.25, 0.3) is 0 Å². The van der Waals surface area contributed by atoms with Gasteiger partial charge in [-0.05, 0) is 19.4 Å². The van der Waals surface area contributed by atoms with Gasteiger partial charge in [-0.1, -0.05) is 5.16 Å². The van der Waals surface area contributed by atoms with Gasteiger partial charge in [0, 0.05) is 6.20 Å². The van der Waals surface area contributed by atoms with Gasteiger partial charge in [0.05, 0.1) is 16.4 Å². The lowest BCUT2D eigenvalue weighted by molar-refractivity contribution is 0.345. The Morgan fingerprint density at radius 3 is 3.27 bits per heavy atom. The molecule has 3 rings (SSSR count). The van der Waals surface area contributed by atoms with Crippen LogP contribution < -0.4 is 5.32 Å². The molecule has 1 unspecified atom stereocenters. The average Bonchev–Trinajstić information content (AvgIpc) is 3.02. The van der Waals surface area contributed by atoms with Gasteiger partial charge in [-0.2, -0.15) is 4.98 Å². The van der Waals surface area contributed by atoms with E-state index in [0.29, 0.717) is 11.7 Å². The molecular formula is C9H10N4OS. The third kappa shape index (κ3) is 1.66. The molecule has 2 aromatic rings. The Bertz CT molecular complexity index is 433. The molecule has 0 spiro atoms. The Morgan fingerprint density at radius 1 is 1.53 bits per heavy atom. The number of hydrogen-bond acceptors (Lipinski definition) is 6. The summed E-state index contributed by atoms with van der Waals surface area (Å²) in [5.41, 5.74) is 1.76. The highest BCUT2D eigenvalue weighted by Crippen LogP contribution is 2.25. The van der Waals surface area contributed by atoms with Crippen molar-refractivity contribution < 1.29 is 4.52 Å². The fourth-order valence-corrected chi connectivity index (χ4v) is 2.24. The van der Waals surface area contributed by atoms with Gasteiger partial charge < -0.3 is 9.84 Å². The van der Waals surface area contributed by atoms with E-state index in [2.05, 4.69) is 20.4 Å². The van der Waals surface area contributed by atoms with Crippen molar-refractivity contribution in [3.05, 3.63) is 17.6 Å². The van der Waals surface area contributed by atoms with E-state index < -0.39 is 0 Å². The molecule has 1 atom stereocenters. The second-order valence-electron chi connectivity index (χ2n) is 3.47. The van der Waals surface area contributed by atoms with E-state index in [1.807, 2.05) is 0 Å². The van der Waals surface area contributed by atoms with Crippen molar-refractivity contribution in [3.8, 4) is 10.7 Å². The van der Waals surface area contributed by atoms with Crippen LogP contribution in [0.25, 0.3) is 10.7 Å². The SMILES string of the molecule is c1ncc(-c2noc(C3CCCN3)n2)s1. The van der Waals surface area contributed by atoms with Gasteiger partial charge in [-0.3, -0.25) is 4.98 Å². The normalized spacial score (nSPS) is 20.9. The summed E-state index contributed by atoms with van der Waals surface area (Å²) in [6, 6.07) is 0.235. The van der Waals surface area contributed by atoms with E-state index in [9.17, 15) is 0 Å². The van der Waals surface area contributed by atoms with Crippen molar-refractivity contribution >= 4 is 11.3 Å². The largest absolute Gasteiger partial charge is 0.337 e. The van der Waals surface area contributed by atoms with Crippen molar-refractivity contribution in [1.82, 2.24) is 20.4 Å². The highest BCUT2D eigenvalue weighted by molar-refractivity contribution is 7.13. The van der Waals surface area contributed by atoms with Crippen LogP contribution in [0.4, 0.5) is 0 Å². The monoisotopic (exact) mass is 222 g/mol. The number of rotatable bonds is 2. The Kier molecular flexibility index (Phi) is 2.22. The fourth-order valence-electron chi connectivity index (χ4n) is 1.70. The maximum atomic E-state index is 5.23. The molecule has 1 saturated heterocycles. The van der Waals surface area contributed by atoms with Crippen LogP contribution in [0.5, 0.6) is 0 Å². The molecule has 0 saturated carbocycles. The Hall–Kier alpha value is -1.27. The lowest BCUT2D eigenvalue weighted by Gasteiger charge is -2.00. The number of hydrogen-bond donors (Lipinski definition) is 1. The Morgan fingerprint density at radius 2 is 2.53 bits per heavy atom. The van der Waals surface area contributed by atoms with Gasteiger partial charge in [0.2, 0.25) is 11.7 Å². The number of aromatic nitrogens is 3. The van der Waals surface area contributed by atoms with E-state index in [1.54, 1.807) is 11.7 Å². The molecule has 1 aliphatic heterocycles. The molecule has 1 N–H and O–H groups in total. The Balaban J connectivity index is 1.87. The minimum Gasteiger partial charge on any atom is -0.337 e. The van der Waals surface area contributed by atoms with Crippen LogP contribution in [0, 0.1) is 0 Å². The van der Waals surface area contributed by atoms with Gasteiger partial charge >= 0.3 is 0 Å². The molecule has 6 heteroatoms. The van der Waals surface area contributed by atoms with Crippen LogP contribution in [-0.2, 0) is 0 Å². The molecule has 3 heterocycles. The lowest BCUT2D eigenvalue weighted by atomic mass is 10.2. The van der Waals surface area contributed by atoms with Crippen LogP contribution in [0.1, 0.15) is 24.8 Å². The van der Waals surface area contributed by atoms with Gasteiger partial charge in [-0.15, -0.1) is 11.3 Å². The van der Waals surface area contributed by atoms with Crippen molar-refractivity contribution in [3.63, 3.8) is 0 Å². The third-order valence-electron chi connectivity index (χ3n) is 2.45. The predicted molar refractivity (Wildman–Crippen MR) is 55.4 cm³/mol. The number of thiazole rings is 1. The molecule has 0 radical (unpaired) electrons. The second kappa shape index (κ2) is 3.71. The molecule has 5 nitrogen and oxygen atoms in total. The first-order chi connectivity index (χ1) is 7.43. The van der Waals surface area contributed by atoms with E-state index in [1.165, 1.54) is 17.8 Å². The van der Waals surface area contributed by atoms with Gasteiger partial charge in [-0.25, -0.2) is 0 Å². The predicted octanol–water partition coefficient (Wildman–Crippen LogP) is 1.62. The fraction of sp³-hybridized carbons (Fsp3) is 0.444. The topological polar surface area (TPSA) is 63.8 Å². The highest BCUT2D eigenvalue weighted by Gasteiger charge is 2.22. The molecule has 0 amide bonds. The molecule has 1 aliphatic rings. The molecular weight excluding hydrogens is 212 g/mol. The van der Waals surface area contributed by atoms with Crippen LogP contribution in [0.15, 0.2) is 16.2 Å². The highest BCUT2D eigenvalue weighted by atomic mass is 32.1. The zero-order valence-electron chi connectivity index (χ0n) is 8.01. The summed E-state index contributed by atoms with van der Waals surface area (Å²) in [6.07, 6.45) is 3.99. The summed E-state index contributed by atoms with van der Waals surface area (Å²) in [5.74, 6) is 1.33. The van der Waals surface area contributed by atoms with E-state index >= 15 is 0 Å². The first kappa shape index (κ1) is 8.99. The number of nitrogens with one attached hydrogen (secondary N) is 1. The molecule has 0 aliphatic carbocycles. The van der Waals surface area contributed by atoms with Gasteiger partial charge in [0.15, 0.2) is 0 Å². The summed E-state index contributed by atoms with van der Waals surface area (Å²) < 4.78 is 5.23. The lowest BCUT2D eigenvalue weighted by Crippen LogP contribution is -2.12. The molecule has 0 bridgehead atoms. The average molecular weight is 222 g/mol. The van der Waals surface area contributed by atoms with Crippen LogP contribution >= 0.6 is 11.3 Å². The van der Waals surface area contributed by atoms with Crippen molar-refractivity contribution in [2.75, 3.05) is 6.54 Å². The summed E-state index contributed by atoms with van der Waals surface area (Å²) >= 11 is 1.52. The quantitative estimate of drug-likeness (QED) is 0.836. The molecule has 1 fully saturated rings. The molecule has 2 aromatic heterocycles. The van der Waals surface area contributed by atoms with Crippen LogP contribution in [-0.4, -0.2) is 21.7 Å².